The molecule has 0 unspecified atom stereocenters. The van der Waals surface area contributed by atoms with Crippen LogP contribution >= 0.6 is 0 Å². The van der Waals surface area contributed by atoms with Crippen LogP contribution in [0.4, 0.5) is 13.2 Å². The molecule has 0 atom stereocenters. The van der Waals surface area contributed by atoms with E-state index >= 15 is 0 Å². The summed E-state index contributed by atoms with van der Waals surface area (Å²) in [5.41, 5.74) is 1.17. The summed E-state index contributed by atoms with van der Waals surface area (Å²) in [5.74, 6) is 0. The number of halogens is 4. The maximum absolute atomic E-state index is 12.3. The first-order chi connectivity index (χ1) is 8.05. The van der Waals surface area contributed by atoms with Crippen LogP contribution in [0.25, 0.3) is 0 Å². The molecular weight excluding hydrogens is 329 g/mol. The van der Waals surface area contributed by atoms with Crippen LogP contribution in [-0.4, -0.2) is 23.1 Å². The molecule has 0 bridgehead atoms. The SMILES string of the molecule is FC(F)(F)c1[c-]cc(Cc2ccccc2)cc1.[Br-].[Mg+2]. The van der Waals surface area contributed by atoms with Gasteiger partial charge >= 0.3 is 29.2 Å². The van der Waals surface area contributed by atoms with Gasteiger partial charge < -0.3 is 17.0 Å². The van der Waals surface area contributed by atoms with E-state index in [9.17, 15) is 13.2 Å². The van der Waals surface area contributed by atoms with Crippen LogP contribution in [0.5, 0.6) is 0 Å². The molecule has 0 radical (unpaired) electrons. The number of hydrogen-bond donors (Lipinski definition) is 0. The molecule has 0 saturated heterocycles. The van der Waals surface area contributed by atoms with Gasteiger partial charge in [0.25, 0.3) is 0 Å². The van der Waals surface area contributed by atoms with Gasteiger partial charge in [0.1, 0.15) is 0 Å². The van der Waals surface area contributed by atoms with E-state index < -0.39 is 11.7 Å². The Morgan fingerprint density at radius 1 is 0.895 bits per heavy atom. The first-order valence-corrected chi connectivity index (χ1v) is 5.17. The molecule has 0 spiro atoms. The normalized spacial score (nSPS) is 10.3. The fourth-order valence-electron chi connectivity index (χ4n) is 1.57. The molecule has 2 rings (SSSR count). The third-order valence-electron chi connectivity index (χ3n) is 2.43. The summed E-state index contributed by atoms with van der Waals surface area (Å²) in [6.07, 6.45) is -3.69. The Balaban J connectivity index is 0.00000162. The molecule has 2 aromatic carbocycles. The molecule has 96 valence electrons. The Morgan fingerprint density at radius 2 is 1.53 bits per heavy atom. The second kappa shape index (κ2) is 7.92. The second-order valence-electron chi connectivity index (χ2n) is 3.77. The van der Waals surface area contributed by atoms with Crippen molar-refractivity contribution in [3.8, 4) is 0 Å². The summed E-state index contributed by atoms with van der Waals surface area (Å²) in [7, 11) is 0. The van der Waals surface area contributed by atoms with Crippen LogP contribution in [0.2, 0.25) is 0 Å². The molecule has 0 aliphatic heterocycles. The van der Waals surface area contributed by atoms with E-state index in [0.717, 1.165) is 17.2 Å². The predicted octanol–water partition coefficient (Wildman–Crippen LogP) is 0.720. The molecule has 0 aliphatic rings. The Labute approximate surface area is 136 Å². The number of benzene rings is 2. The van der Waals surface area contributed by atoms with Crippen molar-refractivity contribution in [1.82, 2.24) is 0 Å². The van der Waals surface area contributed by atoms with Crippen molar-refractivity contribution in [2.45, 2.75) is 12.6 Å². The molecule has 0 N–H and O–H groups in total. The van der Waals surface area contributed by atoms with E-state index in [-0.39, 0.29) is 40.0 Å². The van der Waals surface area contributed by atoms with Crippen molar-refractivity contribution < 1.29 is 30.2 Å². The van der Waals surface area contributed by atoms with Crippen molar-refractivity contribution in [3.05, 3.63) is 71.3 Å². The summed E-state index contributed by atoms with van der Waals surface area (Å²) in [5, 5.41) is 0. The zero-order valence-corrected chi connectivity index (χ0v) is 13.0. The number of alkyl halides is 3. The van der Waals surface area contributed by atoms with Crippen molar-refractivity contribution in [1.29, 1.82) is 0 Å². The monoisotopic (exact) mass is 338 g/mol. The average molecular weight is 339 g/mol. The van der Waals surface area contributed by atoms with Crippen LogP contribution < -0.4 is 17.0 Å². The zero-order valence-electron chi connectivity index (χ0n) is 10.0. The first-order valence-electron chi connectivity index (χ1n) is 5.17. The van der Waals surface area contributed by atoms with Crippen molar-refractivity contribution in [2.75, 3.05) is 0 Å². The van der Waals surface area contributed by atoms with Crippen LogP contribution in [0.15, 0.2) is 48.5 Å². The van der Waals surface area contributed by atoms with Crippen LogP contribution in [-0.2, 0) is 12.6 Å². The van der Waals surface area contributed by atoms with E-state index in [1.165, 1.54) is 12.1 Å². The maximum atomic E-state index is 12.3. The van der Waals surface area contributed by atoms with Gasteiger partial charge in [-0.3, -0.25) is 0 Å². The maximum Gasteiger partial charge on any atom is 2.00 e. The largest absolute Gasteiger partial charge is 2.00 e. The van der Waals surface area contributed by atoms with Gasteiger partial charge in [-0.05, 0) is 6.42 Å². The second-order valence-corrected chi connectivity index (χ2v) is 3.77. The minimum Gasteiger partial charge on any atom is -1.00 e. The zero-order chi connectivity index (χ0) is 12.3. The third-order valence-corrected chi connectivity index (χ3v) is 2.43. The smallest absolute Gasteiger partial charge is 1.00 e. The molecule has 0 aromatic heterocycles. The molecule has 0 amide bonds. The standard InChI is InChI=1S/C14H10F3.BrH.Mg/c15-14(16,17)13-8-6-12(7-9-13)10-11-4-2-1-3-5-11;;/h1-8H,10H2;1H;/q-1;;+2/p-1. The molecule has 0 nitrogen and oxygen atoms in total. The number of rotatable bonds is 2. The molecule has 0 saturated carbocycles. The summed E-state index contributed by atoms with van der Waals surface area (Å²) in [4.78, 5) is 0. The van der Waals surface area contributed by atoms with Crippen LogP contribution in [0.1, 0.15) is 16.7 Å². The van der Waals surface area contributed by atoms with Gasteiger partial charge in [-0.2, -0.15) is 43.0 Å². The summed E-state index contributed by atoms with van der Waals surface area (Å²) >= 11 is 0. The predicted molar refractivity (Wildman–Crippen MR) is 65.3 cm³/mol. The van der Waals surface area contributed by atoms with Gasteiger partial charge in [0.2, 0.25) is 0 Å². The van der Waals surface area contributed by atoms with Gasteiger partial charge in [0, 0.05) is 0 Å². The molecule has 5 heteroatoms. The average Bonchev–Trinajstić information content (AvgIpc) is 2.30. The van der Waals surface area contributed by atoms with Gasteiger partial charge in [0.05, 0.1) is 0 Å². The first kappa shape index (κ1) is 18.5. The van der Waals surface area contributed by atoms with Crippen LogP contribution in [0.3, 0.4) is 0 Å². The molecule has 0 heterocycles. The van der Waals surface area contributed by atoms with Crippen LogP contribution in [0, 0.1) is 6.07 Å². The Bertz CT molecular complexity index is 480. The summed E-state index contributed by atoms with van der Waals surface area (Å²) < 4.78 is 36.9. The van der Waals surface area contributed by atoms with Crippen molar-refractivity contribution in [3.63, 3.8) is 0 Å². The van der Waals surface area contributed by atoms with Crippen molar-refractivity contribution >= 4 is 23.1 Å². The molecule has 19 heavy (non-hydrogen) atoms. The minimum absolute atomic E-state index is 0. The van der Waals surface area contributed by atoms with E-state index in [1.807, 2.05) is 30.3 Å². The Kier molecular flexibility index (Phi) is 7.70. The molecule has 0 fully saturated rings. The molecule has 0 aliphatic carbocycles. The quantitative estimate of drug-likeness (QED) is 0.559. The van der Waals surface area contributed by atoms with E-state index in [1.54, 1.807) is 0 Å². The fourth-order valence-corrected chi connectivity index (χ4v) is 1.57. The van der Waals surface area contributed by atoms with Gasteiger partial charge in [-0.15, -0.1) is 0 Å². The van der Waals surface area contributed by atoms with E-state index in [4.69, 9.17) is 0 Å². The minimum atomic E-state index is -4.31. The van der Waals surface area contributed by atoms with Crippen molar-refractivity contribution in [2.24, 2.45) is 0 Å². The van der Waals surface area contributed by atoms with E-state index in [0.29, 0.717) is 6.42 Å². The third kappa shape index (κ3) is 5.54. The number of hydrogen-bond acceptors (Lipinski definition) is 0. The Hall–Kier alpha value is -0.524. The Morgan fingerprint density at radius 3 is 2.00 bits per heavy atom. The summed E-state index contributed by atoms with van der Waals surface area (Å²) in [6.45, 7) is 0. The van der Waals surface area contributed by atoms with E-state index in [2.05, 4.69) is 6.07 Å². The molecular formula is C14H10BrF3Mg. The topological polar surface area (TPSA) is 0 Å². The molecule has 2 aromatic rings. The van der Waals surface area contributed by atoms with Gasteiger partial charge in [-0.25, -0.2) is 0 Å². The fraction of sp³-hybridized carbons (Fsp3) is 0.143. The van der Waals surface area contributed by atoms with Gasteiger partial charge in [0.15, 0.2) is 0 Å². The summed E-state index contributed by atoms with van der Waals surface area (Å²) in [6, 6.07) is 15.8. The van der Waals surface area contributed by atoms with Gasteiger partial charge in [-0.1, -0.05) is 41.5 Å².